The molecule has 1 saturated carbocycles. The molecule has 0 saturated heterocycles. The van der Waals surface area contributed by atoms with Gasteiger partial charge in [0.15, 0.2) is 0 Å². The molecule has 3 nitrogen and oxygen atoms in total. The molecule has 2 N–H and O–H groups in total. The third kappa shape index (κ3) is 2.69. The van der Waals surface area contributed by atoms with E-state index in [0.29, 0.717) is 18.6 Å². The van der Waals surface area contributed by atoms with Crippen LogP contribution in [0.4, 0.5) is 0 Å². The topological polar surface area (TPSA) is 41.5 Å². The van der Waals surface area contributed by atoms with Crippen LogP contribution in [0.1, 0.15) is 33.1 Å². The average Bonchev–Trinajstić information content (AvgIpc) is 3.00. The molecule has 0 aromatic heterocycles. The Balaban J connectivity index is 2.57. The van der Waals surface area contributed by atoms with Crippen LogP contribution in [0.5, 0.6) is 0 Å². The molecular weight excluding hydrogens is 178 g/mol. The van der Waals surface area contributed by atoms with Crippen LogP contribution in [-0.2, 0) is 4.74 Å². The summed E-state index contributed by atoms with van der Waals surface area (Å²) in [4.78, 5) is 0. The van der Waals surface area contributed by atoms with Crippen molar-refractivity contribution in [3.63, 3.8) is 0 Å². The molecule has 0 spiro atoms. The molecule has 0 amide bonds. The zero-order valence-electron chi connectivity index (χ0n) is 9.55. The van der Waals surface area contributed by atoms with E-state index in [1.54, 1.807) is 7.11 Å². The van der Waals surface area contributed by atoms with Crippen LogP contribution in [0.25, 0.3) is 0 Å². The SMILES string of the molecule is CCC(C)NC(CO)(COC)C1CC1. The predicted octanol–water partition coefficient (Wildman–Crippen LogP) is 1.16. The zero-order chi connectivity index (χ0) is 10.6. The van der Waals surface area contributed by atoms with Crippen molar-refractivity contribution < 1.29 is 9.84 Å². The number of aliphatic hydroxyl groups excluding tert-OH is 1. The van der Waals surface area contributed by atoms with Gasteiger partial charge < -0.3 is 15.2 Å². The maximum absolute atomic E-state index is 9.52. The van der Waals surface area contributed by atoms with Crippen LogP contribution in [0.3, 0.4) is 0 Å². The second-order valence-electron chi connectivity index (χ2n) is 4.48. The molecule has 1 aliphatic rings. The Bertz CT molecular complexity index is 171. The van der Waals surface area contributed by atoms with Gasteiger partial charge in [0.2, 0.25) is 0 Å². The lowest BCUT2D eigenvalue weighted by Crippen LogP contribution is -2.57. The van der Waals surface area contributed by atoms with Gasteiger partial charge in [0, 0.05) is 13.2 Å². The van der Waals surface area contributed by atoms with E-state index in [9.17, 15) is 5.11 Å². The number of hydrogen-bond donors (Lipinski definition) is 2. The summed E-state index contributed by atoms with van der Waals surface area (Å²) in [6, 6.07) is 0.442. The normalized spacial score (nSPS) is 23.1. The molecule has 0 radical (unpaired) electrons. The Kier molecular flexibility index (Phi) is 4.35. The molecule has 1 fully saturated rings. The van der Waals surface area contributed by atoms with Crippen molar-refractivity contribution >= 4 is 0 Å². The van der Waals surface area contributed by atoms with Gasteiger partial charge in [-0.25, -0.2) is 0 Å². The number of hydrogen-bond acceptors (Lipinski definition) is 3. The number of methoxy groups -OCH3 is 1. The van der Waals surface area contributed by atoms with Gasteiger partial charge in [0.1, 0.15) is 0 Å². The molecule has 84 valence electrons. The summed E-state index contributed by atoms with van der Waals surface area (Å²) in [5, 5.41) is 13.0. The van der Waals surface area contributed by atoms with E-state index in [4.69, 9.17) is 4.74 Å². The Morgan fingerprint density at radius 1 is 1.57 bits per heavy atom. The van der Waals surface area contributed by atoms with E-state index in [2.05, 4.69) is 19.2 Å². The van der Waals surface area contributed by atoms with Crippen molar-refractivity contribution in [2.75, 3.05) is 20.3 Å². The molecule has 14 heavy (non-hydrogen) atoms. The Morgan fingerprint density at radius 2 is 2.21 bits per heavy atom. The summed E-state index contributed by atoms with van der Waals surface area (Å²) >= 11 is 0. The predicted molar refractivity (Wildman–Crippen MR) is 57.3 cm³/mol. The van der Waals surface area contributed by atoms with Crippen molar-refractivity contribution in [1.82, 2.24) is 5.32 Å². The summed E-state index contributed by atoms with van der Waals surface area (Å²) in [7, 11) is 1.70. The molecule has 2 atom stereocenters. The van der Waals surface area contributed by atoms with Gasteiger partial charge in [-0.15, -0.1) is 0 Å². The van der Waals surface area contributed by atoms with E-state index < -0.39 is 0 Å². The summed E-state index contributed by atoms with van der Waals surface area (Å²) in [6.45, 7) is 5.09. The maximum Gasteiger partial charge on any atom is 0.0681 e. The molecule has 1 aliphatic carbocycles. The van der Waals surface area contributed by atoms with Gasteiger partial charge in [0.25, 0.3) is 0 Å². The highest BCUT2D eigenvalue weighted by molar-refractivity contribution is 5.01. The van der Waals surface area contributed by atoms with E-state index >= 15 is 0 Å². The Labute approximate surface area is 86.8 Å². The van der Waals surface area contributed by atoms with E-state index in [-0.39, 0.29) is 12.1 Å². The molecule has 0 aliphatic heterocycles. The standard InChI is InChI=1S/C11H23NO2/c1-4-9(2)12-11(7-13,8-14-3)10-5-6-10/h9-10,12-13H,4-8H2,1-3H3. The second kappa shape index (κ2) is 5.10. The van der Waals surface area contributed by atoms with Gasteiger partial charge in [0.05, 0.1) is 18.8 Å². The number of ether oxygens (including phenoxy) is 1. The molecule has 0 aromatic rings. The van der Waals surface area contributed by atoms with Crippen molar-refractivity contribution in [2.45, 2.75) is 44.7 Å². The number of nitrogens with one attached hydrogen (secondary N) is 1. The summed E-state index contributed by atoms with van der Waals surface area (Å²) in [5.41, 5.74) is -0.190. The minimum Gasteiger partial charge on any atom is -0.394 e. The molecule has 0 aromatic carbocycles. The highest BCUT2D eigenvalue weighted by Crippen LogP contribution is 2.40. The fourth-order valence-electron chi connectivity index (χ4n) is 1.98. The van der Waals surface area contributed by atoms with Crippen molar-refractivity contribution in [2.24, 2.45) is 5.92 Å². The van der Waals surface area contributed by atoms with Crippen molar-refractivity contribution in [3.8, 4) is 0 Å². The van der Waals surface area contributed by atoms with Gasteiger partial charge in [-0.1, -0.05) is 6.92 Å². The summed E-state index contributed by atoms with van der Waals surface area (Å²) < 4.78 is 5.22. The zero-order valence-corrected chi connectivity index (χ0v) is 9.55. The van der Waals surface area contributed by atoms with Crippen LogP contribution in [0, 0.1) is 5.92 Å². The molecule has 0 heterocycles. The maximum atomic E-state index is 9.52. The van der Waals surface area contributed by atoms with Crippen LogP contribution in [-0.4, -0.2) is 37.0 Å². The Morgan fingerprint density at radius 3 is 2.57 bits per heavy atom. The quantitative estimate of drug-likeness (QED) is 0.649. The van der Waals surface area contributed by atoms with Gasteiger partial charge in [-0.2, -0.15) is 0 Å². The first-order valence-corrected chi connectivity index (χ1v) is 5.56. The first-order valence-electron chi connectivity index (χ1n) is 5.56. The van der Waals surface area contributed by atoms with Crippen LogP contribution in [0.2, 0.25) is 0 Å². The van der Waals surface area contributed by atoms with Gasteiger partial charge in [-0.05, 0) is 32.1 Å². The fraction of sp³-hybridized carbons (Fsp3) is 1.00. The van der Waals surface area contributed by atoms with Crippen LogP contribution >= 0.6 is 0 Å². The summed E-state index contributed by atoms with van der Waals surface area (Å²) in [5.74, 6) is 0.599. The van der Waals surface area contributed by atoms with Crippen molar-refractivity contribution in [1.29, 1.82) is 0 Å². The largest absolute Gasteiger partial charge is 0.394 e. The highest BCUT2D eigenvalue weighted by atomic mass is 16.5. The van der Waals surface area contributed by atoms with Crippen LogP contribution in [0.15, 0.2) is 0 Å². The molecule has 2 unspecified atom stereocenters. The lowest BCUT2D eigenvalue weighted by molar-refractivity contribution is 0.0410. The lowest BCUT2D eigenvalue weighted by Gasteiger charge is -2.35. The summed E-state index contributed by atoms with van der Waals surface area (Å²) in [6.07, 6.45) is 3.51. The number of rotatable bonds is 7. The minimum atomic E-state index is -0.190. The lowest BCUT2D eigenvalue weighted by atomic mass is 9.93. The second-order valence-corrected chi connectivity index (χ2v) is 4.48. The highest BCUT2D eigenvalue weighted by Gasteiger charge is 2.45. The third-order valence-electron chi connectivity index (χ3n) is 3.19. The Hall–Kier alpha value is -0.120. The first kappa shape index (κ1) is 12.0. The van der Waals surface area contributed by atoms with E-state index in [1.807, 2.05) is 0 Å². The van der Waals surface area contributed by atoms with Crippen molar-refractivity contribution in [3.05, 3.63) is 0 Å². The fourth-order valence-corrected chi connectivity index (χ4v) is 1.98. The van der Waals surface area contributed by atoms with Crippen LogP contribution < -0.4 is 5.32 Å². The molecular formula is C11H23NO2. The third-order valence-corrected chi connectivity index (χ3v) is 3.19. The molecule has 3 heteroatoms. The number of aliphatic hydroxyl groups is 1. The molecule has 1 rings (SSSR count). The average molecular weight is 201 g/mol. The van der Waals surface area contributed by atoms with Gasteiger partial charge in [-0.3, -0.25) is 0 Å². The minimum absolute atomic E-state index is 0.176. The van der Waals surface area contributed by atoms with E-state index in [1.165, 1.54) is 12.8 Å². The smallest absolute Gasteiger partial charge is 0.0681 e. The van der Waals surface area contributed by atoms with Gasteiger partial charge >= 0.3 is 0 Å². The first-order chi connectivity index (χ1) is 6.68. The van der Waals surface area contributed by atoms with E-state index in [0.717, 1.165) is 6.42 Å². The molecule has 0 bridgehead atoms. The monoisotopic (exact) mass is 201 g/mol.